The lowest BCUT2D eigenvalue weighted by Crippen LogP contribution is -2.49. The van der Waals surface area contributed by atoms with Crippen molar-refractivity contribution < 1.29 is 14.3 Å². The van der Waals surface area contributed by atoms with E-state index in [0.717, 1.165) is 25.9 Å². The molecule has 1 saturated heterocycles. The molecule has 0 bridgehead atoms. The van der Waals surface area contributed by atoms with Crippen molar-refractivity contribution in [3.05, 3.63) is 36.9 Å². The number of hydrogen-bond donors (Lipinski definition) is 2. The van der Waals surface area contributed by atoms with Crippen molar-refractivity contribution in [3.63, 3.8) is 0 Å². The van der Waals surface area contributed by atoms with Gasteiger partial charge >= 0.3 is 0 Å². The van der Waals surface area contributed by atoms with Gasteiger partial charge in [-0.3, -0.25) is 14.5 Å². The second kappa shape index (κ2) is 9.22. The van der Waals surface area contributed by atoms with Crippen LogP contribution in [0.15, 0.2) is 36.9 Å². The number of piperidine rings is 1. The predicted molar refractivity (Wildman–Crippen MR) is 98.6 cm³/mol. The van der Waals surface area contributed by atoms with Gasteiger partial charge in [-0.05, 0) is 45.0 Å². The van der Waals surface area contributed by atoms with Gasteiger partial charge in [0.2, 0.25) is 11.8 Å². The quantitative estimate of drug-likeness (QED) is 0.742. The molecule has 2 N–H and O–H groups in total. The number of para-hydroxylation sites is 2. The summed E-state index contributed by atoms with van der Waals surface area (Å²) in [7, 11) is 1.59. The number of nitrogens with one attached hydrogen (secondary N) is 2. The maximum Gasteiger partial charge on any atom is 0.237 e. The van der Waals surface area contributed by atoms with Gasteiger partial charge in [0.05, 0.1) is 18.8 Å². The minimum Gasteiger partial charge on any atom is -0.495 e. The van der Waals surface area contributed by atoms with E-state index in [9.17, 15) is 9.59 Å². The van der Waals surface area contributed by atoms with Crippen LogP contribution >= 0.6 is 0 Å². The van der Waals surface area contributed by atoms with Gasteiger partial charge in [-0.1, -0.05) is 18.2 Å². The number of nitrogens with zero attached hydrogens (tertiary/aromatic N) is 1. The molecule has 0 aromatic heterocycles. The van der Waals surface area contributed by atoms with Crippen LogP contribution in [-0.4, -0.2) is 49.5 Å². The Balaban J connectivity index is 1.86. The normalized spacial score (nSPS) is 16.7. The summed E-state index contributed by atoms with van der Waals surface area (Å²) in [6, 6.07) is 7.19. The fourth-order valence-electron chi connectivity index (χ4n) is 3.02. The minimum absolute atomic E-state index is 0.00294. The topological polar surface area (TPSA) is 70.7 Å². The van der Waals surface area contributed by atoms with Gasteiger partial charge in [0.1, 0.15) is 5.75 Å². The molecular weight excluding hydrogens is 318 g/mol. The third-order valence-corrected chi connectivity index (χ3v) is 4.61. The lowest BCUT2D eigenvalue weighted by atomic mass is 9.94. The monoisotopic (exact) mass is 345 g/mol. The first-order valence-electron chi connectivity index (χ1n) is 8.63. The molecule has 136 valence electrons. The second-order valence-electron chi connectivity index (χ2n) is 6.21. The Hall–Kier alpha value is -2.34. The largest absolute Gasteiger partial charge is 0.495 e. The van der Waals surface area contributed by atoms with E-state index in [1.165, 1.54) is 0 Å². The summed E-state index contributed by atoms with van der Waals surface area (Å²) in [5.74, 6) is 0.607. The molecule has 1 aliphatic heterocycles. The molecule has 6 nitrogen and oxygen atoms in total. The number of hydrogen-bond acceptors (Lipinski definition) is 4. The molecule has 1 unspecified atom stereocenters. The van der Waals surface area contributed by atoms with Gasteiger partial charge in [0.15, 0.2) is 0 Å². The van der Waals surface area contributed by atoms with E-state index < -0.39 is 0 Å². The Morgan fingerprint density at radius 1 is 1.36 bits per heavy atom. The molecule has 0 aliphatic carbocycles. The molecule has 1 fully saturated rings. The van der Waals surface area contributed by atoms with Gasteiger partial charge in [0, 0.05) is 12.5 Å². The van der Waals surface area contributed by atoms with Crippen molar-refractivity contribution >= 4 is 17.5 Å². The van der Waals surface area contributed by atoms with Gasteiger partial charge in [-0.15, -0.1) is 6.58 Å². The van der Waals surface area contributed by atoms with E-state index >= 15 is 0 Å². The van der Waals surface area contributed by atoms with Crippen molar-refractivity contribution in [1.82, 2.24) is 10.2 Å². The van der Waals surface area contributed by atoms with Crippen LogP contribution in [0, 0.1) is 5.92 Å². The lowest BCUT2D eigenvalue weighted by molar-refractivity contribution is -0.126. The first-order valence-corrected chi connectivity index (χ1v) is 8.63. The Morgan fingerprint density at radius 3 is 2.68 bits per heavy atom. The van der Waals surface area contributed by atoms with Crippen LogP contribution in [-0.2, 0) is 9.59 Å². The second-order valence-corrected chi connectivity index (χ2v) is 6.21. The fraction of sp³-hybridized carbons (Fsp3) is 0.474. The highest BCUT2D eigenvalue weighted by molar-refractivity contribution is 5.94. The summed E-state index contributed by atoms with van der Waals surface area (Å²) in [5.41, 5.74) is 0.689. The highest BCUT2D eigenvalue weighted by Gasteiger charge is 2.29. The predicted octanol–water partition coefficient (Wildman–Crippen LogP) is 2.04. The summed E-state index contributed by atoms with van der Waals surface area (Å²) >= 11 is 0. The summed E-state index contributed by atoms with van der Waals surface area (Å²) in [5, 5.41) is 5.77. The number of carbonyl (C=O) groups excluding carboxylic acids is 2. The maximum atomic E-state index is 12.5. The fourth-order valence-corrected chi connectivity index (χ4v) is 3.02. The van der Waals surface area contributed by atoms with Crippen LogP contribution in [0.4, 0.5) is 5.69 Å². The SMILES string of the molecule is C=CCNC(=O)C(C)N1CCC(C(=O)Nc2ccccc2OC)CC1. The molecule has 1 atom stereocenters. The Bertz CT molecular complexity index is 610. The summed E-state index contributed by atoms with van der Waals surface area (Å²) < 4.78 is 5.27. The summed E-state index contributed by atoms with van der Waals surface area (Å²) in [4.78, 5) is 26.7. The first-order chi connectivity index (χ1) is 12.1. The molecule has 1 aromatic carbocycles. The number of amides is 2. The van der Waals surface area contributed by atoms with Crippen LogP contribution in [0.5, 0.6) is 5.75 Å². The van der Waals surface area contributed by atoms with E-state index in [4.69, 9.17) is 4.74 Å². The zero-order valence-electron chi connectivity index (χ0n) is 15.0. The number of carbonyl (C=O) groups is 2. The third-order valence-electron chi connectivity index (χ3n) is 4.61. The van der Waals surface area contributed by atoms with Crippen molar-refractivity contribution in [2.24, 2.45) is 5.92 Å². The van der Waals surface area contributed by atoms with E-state index in [0.29, 0.717) is 18.0 Å². The summed E-state index contributed by atoms with van der Waals surface area (Å²) in [6.07, 6.45) is 3.14. The maximum absolute atomic E-state index is 12.5. The molecule has 1 heterocycles. The highest BCUT2D eigenvalue weighted by atomic mass is 16.5. The van der Waals surface area contributed by atoms with Crippen molar-refractivity contribution in [3.8, 4) is 5.75 Å². The van der Waals surface area contributed by atoms with E-state index in [1.54, 1.807) is 13.2 Å². The number of ether oxygens (including phenoxy) is 1. The molecule has 25 heavy (non-hydrogen) atoms. The molecule has 6 heteroatoms. The molecule has 0 spiro atoms. The van der Waals surface area contributed by atoms with Crippen LogP contribution in [0.25, 0.3) is 0 Å². The Labute approximate surface area is 149 Å². The van der Waals surface area contributed by atoms with Crippen molar-refractivity contribution in [2.75, 3.05) is 32.1 Å². The number of likely N-dealkylation sites (tertiary alicyclic amines) is 1. The van der Waals surface area contributed by atoms with Gasteiger partial charge in [-0.25, -0.2) is 0 Å². The van der Waals surface area contributed by atoms with Crippen LogP contribution in [0.2, 0.25) is 0 Å². The zero-order chi connectivity index (χ0) is 18.2. The number of methoxy groups -OCH3 is 1. The lowest BCUT2D eigenvalue weighted by Gasteiger charge is -2.34. The molecule has 2 rings (SSSR count). The number of rotatable bonds is 7. The molecule has 0 saturated carbocycles. The average molecular weight is 345 g/mol. The van der Waals surface area contributed by atoms with Crippen molar-refractivity contribution in [1.29, 1.82) is 0 Å². The molecule has 2 amide bonds. The highest BCUT2D eigenvalue weighted by Crippen LogP contribution is 2.26. The first kappa shape index (κ1) is 19.0. The number of benzene rings is 1. The van der Waals surface area contributed by atoms with Crippen LogP contribution in [0.3, 0.4) is 0 Å². The van der Waals surface area contributed by atoms with Crippen molar-refractivity contribution in [2.45, 2.75) is 25.8 Å². The molecule has 0 radical (unpaired) electrons. The molecular formula is C19H27N3O3. The zero-order valence-corrected chi connectivity index (χ0v) is 15.0. The van der Waals surface area contributed by atoms with Gasteiger partial charge in [0.25, 0.3) is 0 Å². The Kier molecular flexibility index (Phi) is 7.01. The minimum atomic E-state index is -0.196. The average Bonchev–Trinajstić information content (AvgIpc) is 2.66. The van der Waals surface area contributed by atoms with Crippen LogP contribution in [0.1, 0.15) is 19.8 Å². The Morgan fingerprint density at radius 2 is 2.04 bits per heavy atom. The van der Waals surface area contributed by atoms with E-state index in [1.807, 2.05) is 31.2 Å². The summed E-state index contributed by atoms with van der Waals surface area (Å²) in [6.45, 7) is 7.43. The van der Waals surface area contributed by atoms with Gasteiger partial charge < -0.3 is 15.4 Å². The standard InChI is InChI=1S/C19H27N3O3/c1-4-11-20-18(23)14(2)22-12-9-15(10-13-22)19(24)21-16-7-5-6-8-17(16)25-3/h4-8,14-15H,1,9-13H2,2-3H3,(H,20,23)(H,21,24). The van der Waals surface area contributed by atoms with Gasteiger partial charge in [-0.2, -0.15) is 0 Å². The molecule has 1 aromatic rings. The van der Waals surface area contributed by atoms with E-state index in [2.05, 4.69) is 22.1 Å². The molecule has 1 aliphatic rings. The van der Waals surface area contributed by atoms with Crippen LogP contribution < -0.4 is 15.4 Å². The smallest absolute Gasteiger partial charge is 0.237 e. The number of anilines is 1. The third kappa shape index (κ3) is 5.06. The van der Waals surface area contributed by atoms with E-state index in [-0.39, 0.29) is 23.8 Å².